The zero-order valence-corrected chi connectivity index (χ0v) is 33.0. The van der Waals surface area contributed by atoms with Gasteiger partial charge in [0.05, 0.1) is 30.5 Å². The van der Waals surface area contributed by atoms with Crippen LogP contribution in [-0.4, -0.2) is 116 Å². The number of imidazole rings is 1. The number of carbonyl (C=O) groups excluding carboxylic acids is 7. The van der Waals surface area contributed by atoms with Crippen LogP contribution in [0.3, 0.4) is 0 Å². The van der Waals surface area contributed by atoms with Gasteiger partial charge >= 0.3 is 0 Å². The second-order valence-corrected chi connectivity index (χ2v) is 15.6. The lowest BCUT2D eigenvalue weighted by Crippen LogP contribution is -2.58. The predicted octanol–water partition coefficient (Wildman–Crippen LogP) is -0.832. The minimum atomic E-state index is -1.20. The van der Waals surface area contributed by atoms with Crippen LogP contribution in [0.15, 0.2) is 43.0 Å². The van der Waals surface area contributed by atoms with E-state index in [2.05, 4.69) is 41.5 Å². The van der Waals surface area contributed by atoms with Crippen LogP contribution < -0.4 is 38.1 Å². The zero-order valence-electron chi connectivity index (χ0n) is 32.2. The van der Waals surface area contributed by atoms with Gasteiger partial charge in [-0.15, -0.1) is 11.8 Å². The maximum Gasteiger partial charge on any atom is 0.246 e. The quantitative estimate of drug-likeness (QED) is 0.0726. The maximum absolute atomic E-state index is 13.7. The first kappa shape index (κ1) is 43.3. The van der Waals surface area contributed by atoms with Gasteiger partial charge in [0.1, 0.15) is 30.2 Å². The molecule has 0 aliphatic carbocycles. The molecule has 3 aromatic rings. The summed E-state index contributed by atoms with van der Waals surface area (Å²) in [4.78, 5) is 103. The van der Waals surface area contributed by atoms with E-state index in [4.69, 9.17) is 11.5 Å². The molecule has 4 rings (SSSR count). The van der Waals surface area contributed by atoms with Gasteiger partial charge in [0.2, 0.25) is 41.4 Å². The number of hydrogen-bond acceptors (Lipinski definition) is 10. The second kappa shape index (κ2) is 19.9. The van der Waals surface area contributed by atoms with Crippen LogP contribution in [0.25, 0.3) is 10.9 Å². The number of rotatable bonds is 19. The molecule has 304 valence electrons. The molecule has 2 aromatic heterocycles. The van der Waals surface area contributed by atoms with Gasteiger partial charge in [0.15, 0.2) is 0 Å². The lowest BCUT2D eigenvalue weighted by atomic mass is 10.0. The Bertz CT molecular complexity index is 1870. The second-order valence-electron chi connectivity index (χ2n) is 14.7. The summed E-state index contributed by atoms with van der Waals surface area (Å²) < 4.78 is 0. The van der Waals surface area contributed by atoms with E-state index in [0.29, 0.717) is 11.4 Å². The van der Waals surface area contributed by atoms with Gasteiger partial charge in [-0.05, 0) is 43.2 Å². The molecule has 0 spiro atoms. The van der Waals surface area contributed by atoms with Crippen molar-refractivity contribution in [2.45, 2.75) is 90.1 Å². The molecule has 0 saturated carbocycles. The molecule has 6 atom stereocenters. The Hall–Kier alpha value is -5.43. The van der Waals surface area contributed by atoms with Gasteiger partial charge in [-0.25, -0.2) is 4.98 Å². The Morgan fingerprint density at radius 1 is 0.893 bits per heavy atom. The molecule has 0 radical (unpaired) electrons. The number of primary amides is 1. The van der Waals surface area contributed by atoms with Gasteiger partial charge in [-0.1, -0.05) is 45.9 Å². The molecule has 18 nitrogen and oxygen atoms in total. The summed E-state index contributed by atoms with van der Waals surface area (Å²) in [6.07, 6.45) is 5.22. The molecular formula is C37H53N11O7S. The number of benzene rings is 1. The first-order valence-corrected chi connectivity index (χ1v) is 19.6. The van der Waals surface area contributed by atoms with Gasteiger partial charge in [0.25, 0.3) is 0 Å². The summed E-state index contributed by atoms with van der Waals surface area (Å²) in [6, 6.07) is 1.57. The molecule has 1 saturated heterocycles. The van der Waals surface area contributed by atoms with E-state index < -0.39 is 90.1 Å². The molecule has 1 aromatic carbocycles. The van der Waals surface area contributed by atoms with E-state index in [1.54, 1.807) is 26.2 Å². The molecule has 1 aliphatic rings. The van der Waals surface area contributed by atoms with Gasteiger partial charge in [0, 0.05) is 35.5 Å². The Morgan fingerprint density at radius 2 is 1.62 bits per heavy atom. The third kappa shape index (κ3) is 11.8. The number of nitrogens with two attached hydrogens (primary N) is 2. The smallest absolute Gasteiger partial charge is 0.246 e. The summed E-state index contributed by atoms with van der Waals surface area (Å²) in [5, 5.41) is 14.1. The van der Waals surface area contributed by atoms with Gasteiger partial charge < -0.3 is 52.9 Å². The maximum atomic E-state index is 13.7. The molecule has 1 fully saturated rings. The average molecular weight is 796 g/mol. The lowest BCUT2D eigenvalue weighted by molar-refractivity contribution is -0.141. The molecule has 0 unspecified atom stereocenters. The number of fused-ring (bicyclic) bond motifs is 1. The molecule has 0 bridgehead atoms. The Kier molecular flexibility index (Phi) is 15.4. The Balaban J connectivity index is 1.33. The average Bonchev–Trinajstić information content (AvgIpc) is 3.94. The highest BCUT2D eigenvalue weighted by Gasteiger charge is 2.38. The van der Waals surface area contributed by atoms with E-state index in [0.717, 1.165) is 16.5 Å². The fraction of sp³-hybridized carbons (Fsp3) is 0.514. The monoisotopic (exact) mass is 795 g/mol. The molecule has 11 N–H and O–H groups in total. The topological polar surface area (TPSA) is 279 Å². The number of nitrogens with one attached hydrogen (secondary N) is 7. The van der Waals surface area contributed by atoms with Crippen molar-refractivity contribution in [1.29, 1.82) is 0 Å². The van der Waals surface area contributed by atoms with Crippen LogP contribution in [0.2, 0.25) is 0 Å². The zero-order chi connectivity index (χ0) is 41.1. The number of amides is 7. The Morgan fingerprint density at radius 3 is 2.29 bits per heavy atom. The third-order valence-corrected chi connectivity index (χ3v) is 10.3. The largest absolute Gasteiger partial charge is 0.368 e. The molecular weight excluding hydrogens is 743 g/mol. The van der Waals surface area contributed by atoms with Gasteiger partial charge in [-0.3, -0.25) is 33.6 Å². The molecule has 7 amide bonds. The van der Waals surface area contributed by atoms with E-state index >= 15 is 0 Å². The number of nitrogens with zero attached hydrogens (tertiary/aromatic N) is 2. The number of aromatic nitrogens is 3. The fourth-order valence-electron chi connectivity index (χ4n) is 6.23. The SMILES string of the molecule is CC(C)C[C@H](NC(=O)[C@H](Cc1c[nH]cn1)NC(=O)CNC(=O)[C@@H](NC(=O)[C@H](C)NC(=O)[C@@H](N)Cc1c[nH]c2ccccc12)C(C)C)C(=O)N1CSC[C@H]1C(N)=O. The van der Waals surface area contributed by atoms with Crippen LogP contribution in [0.1, 0.15) is 52.3 Å². The summed E-state index contributed by atoms with van der Waals surface area (Å²) in [6.45, 7) is 8.10. The predicted molar refractivity (Wildman–Crippen MR) is 210 cm³/mol. The van der Waals surface area contributed by atoms with Crippen LogP contribution >= 0.6 is 11.8 Å². The van der Waals surface area contributed by atoms with E-state index in [1.165, 1.54) is 29.9 Å². The van der Waals surface area contributed by atoms with Crippen molar-refractivity contribution in [3.05, 3.63) is 54.2 Å². The van der Waals surface area contributed by atoms with Crippen LogP contribution in [-0.2, 0) is 46.4 Å². The van der Waals surface area contributed by atoms with Crippen molar-refractivity contribution in [1.82, 2.24) is 46.4 Å². The summed E-state index contributed by atoms with van der Waals surface area (Å²) in [5.41, 5.74) is 13.9. The van der Waals surface area contributed by atoms with E-state index in [1.807, 2.05) is 38.1 Å². The lowest BCUT2D eigenvalue weighted by Gasteiger charge is -2.29. The van der Waals surface area contributed by atoms with Crippen molar-refractivity contribution in [3.63, 3.8) is 0 Å². The molecule has 19 heteroatoms. The highest BCUT2D eigenvalue weighted by atomic mass is 32.2. The van der Waals surface area contributed by atoms with E-state index in [9.17, 15) is 33.6 Å². The number of H-pyrrole nitrogens is 2. The van der Waals surface area contributed by atoms with Crippen molar-refractivity contribution in [2.75, 3.05) is 18.2 Å². The van der Waals surface area contributed by atoms with Crippen LogP contribution in [0.5, 0.6) is 0 Å². The fourth-order valence-corrected chi connectivity index (χ4v) is 7.41. The third-order valence-electron chi connectivity index (χ3n) is 9.31. The molecule has 56 heavy (non-hydrogen) atoms. The van der Waals surface area contributed by atoms with Crippen molar-refractivity contribution >= 4 is 64.0 Å². The van der Waals surface area contributed by atoms with E-state index in [-0.39, 0.29) is 31.1 Å². The Labute approximate surface area is 329 Å². The minimum absolute atomic E-state index is 0.0108. The highest BCUT2D eigenvalue weighted by molar-refractivity contribution is 7.99. The number of para-hydroxylation sites is 1. The minimum Gasteiger partial charge on any atom is -0.368 e. The van der Waals surface area contributed by atoms with Crippen molar-refractivity contribution in [3.8, 4) is 0 Å². The number of thioether (sulfide) groups is 1. The van der Waals surface area contributed by atoms with Crippen molar-refractivity contribution < 1.29 is 33.6 Å². The van der Waals surface area contributed by atoms with Crippen LogP contribution in [0.4, 0.5) is 0 Å². The van der Waals surface area contributed by atoms with Crippen molar-refractivity contribution in [2.24, 2.45) is 23.3 Å². The summed E-state index contributed by atoms with van der Waals surface area (Å²) in [7, 11) is 0. The highest BCUT2D eigenvalue weighted by Crippen LogP contribution is 2.23. The number of aromatic amines is 2. The molecule has 1 aliphatic heterocycles. The standard InChI is InChI=1S/C37H53N11O7S/c1-19(2)10-28(37(55)48-18-56-16-29(48)32(39)50)46-35(53)27(12-23-14-40-17-43-23)45-30(49)15-42-36(54)31(20(3)4)47-33(51)21(5)44-34(52)25(38)11-22-13-41-26-9-7-6-8-24(22)26/h6-9,13-14,17,19-21,25,27-29,31,41H,10-12,15-16,18,38H2,1-5H3,(H2,39,50)(H,40,43)(H,42,54)(H,44,52)(H,45,49)(H,46,53)(H,47,51)/t21-,25-,27-,28-,29-,31-/m0/s1. The normalized spacial score (nSPS) is 16.8. The first-order chi connectivity index (χ1) is 26.5. The first-order valence-electron chi connectivity index (χ1n) is 18.5. The summed E-state index contributed by atoms with van der Waals surface area (Å²) in [5.74, 6) is -4.14. The number of carbonyl (C=O) groups is 7. The van der Waals surface area contributed by atoms with Gasteiger partial charge in [-0.2, -0.15) is 0 Å². The molecule has 3 heterocycles. The van der Waals surface area contributed by atoms with Crippen LogP contribution in [0, 0.1) is 11.8 Å². The number of hydrogen-bond donors (Lipinski definition) is 9. The summed E-state index contributed by atoms with van der Waals surface area (Å²) >= 11 is 1.38.